The van der Waals surface area contributed by atoms with Gasteiger partial charge >= 0.3 is 0 Å². The van der Waals surface area contributed by atoms with Crippen LogP contribution in [0, 0.1) is 11.3 Å². The number of hydrogen-bond acceptors (Lipinski definition) is 2. The van der Waals surface area contributed by atoms with Crippen LogP contribution in [0.15, 0.2) is 0 Å². The highest BCUT2D eigenvalue weighted by Gasteiger charge is 2.21. The largest absolute Gasteiger partial charge is 0.394 e. The molecule has 11 heavy (non-hydrogen) atoms. The van der Waals surface area contributed by atoms with Gasteiger partial charge in [0.25, 0.3) is 0 Å². The van der Waals surface area contributed by atoms with E-state index in [1.54, 1.807) is 0 Å². The van der Waals surface area contributed by atoms with Crippen LogP contribution in [0.3, 0.4) is 0 Å². The van der Waals surface area contributed by atoms with E-state index in [0.717, 1.165) is 6.61 Å². The molecule has 68 valence electrons. The molecule has 0 fully saturated rings. The number of aliphatic hydroxyl groups excluding tert-OH is 1. The Morgan fingerprint density at radius 1 is 1.36 bits per heavy atom. The lowest BCUT2D eigenvalue weighted by Gasteiger charge is -2.28. The summed E-state index contributed by atoms with van der Waals surface area (Å²) in [5, 5.41) is 8.48. The smallest absolute Gasteiger partial charge is 0.0697 e. The highest BCUT2D eigenvalue weighted by atomic mass is 16.5. The van der Waals surface area contributed by atoms with E-state index in [1.807, 2.05) is 0 Å². The summed E-state index contributed by atoms with van der Waals surface area (Å²) in [7, 11) is 0. The highest BCUT2D eigenvalue weighted by molar-refractivity contribution is 4.71. The minimum atomic E-state index is 0.119. The summed E-state index contributed by atoms with van der Waals surface area (Å²) in [6.07, 6.45) is 0. The summed E-state index contributed by atoms with van der Waals surface area (Å²) >= 11 is 0. The van der Waals surface area contributed by atoms with E-state index in [4.69, 9.17) is 9.84 Å². The zero-order chi connectivity index (χ0) is 8.91. The van der Waals surface area contributed by atoms with Gasteiger partial charge in [-0.15, -0.1) is 0 Å². The number of hydrogen-bond donors (Lipinski definition) is 1. The van der Waals surface area contributed by atoms with Crippen LogP contribution >= 0.6 is 0 Å². The van der Waals surface area contributed by atoms with Crippen LogP contribution in [0.4, 0.5) is 0 Å². The zero-order valence-corrected chi connectivity index (χ0v) is 8.05. The number of rotatable bonds is 5. The Morgan fingerprint density at radius 2 is 1.91 bits per heavy atom. The first kappa shape index (κ1) is 10.9. The lowest BCUT2D eigenvalue weighted by atomic mass is 9.82. The van der Waals surface area contributed by atoms with Crippen LogP contribution < -0.4 is 0 Å². The molecule has 0 aliphatic carbocycles. The van der Waals surface area contributed by atoms with Gasteiger partial charge in [-0.05, 0) is 11.3 Å². The molecule has 0 spiro atoms. The van der Waals surface area contributed by atoms with Crippen LogP contribution in [-0.4, -0.2) is 24.9 Å². The Hall–Kier alpha value is -0.0800. The Morgan fingerprint density at radius 3 is 2.27 bits per heavy atom. The molecular weight excluding hydrogens is 140 g/mol. The first-order valence-electron chi connectivity index (χ1n) is 4.19. The standard InChI is InChI=1S/C9H20O2/c1-8(2)9(3,4)7-11-6-5-10/h8,10H,5-7H2,1-4H3. The second-order valence-corrected chi connectivity index (χ2v) is 3.92. The summed E-state index contributed by atoms with van der Waals surface area (Å²) in [4.78, 5) is 0. The molecule has 0 aromatic rings. The van der Waals surface area contributed by atoms with Crippen molar-refractivity contribution >= 4 is 0 Å². The quantitative estimate of drug-likeness (QED) is 0.620. The van der Waals surface area contributed by atoms with Crippen LogP contribution in [0.1, 0.15) is 27.7 Å². The van der Waals surface area contributed by atoms with E-state index in [9.17, 15) is 0 Å². The van der Waals surface area contributed by atoms with Crippen molar-refractivity contribution in [2.45, 2.75) is 27.7 Å². The van der Waals surface area contributed by atoms with Gasteiger partial charge in [-0.25, -0.2) is 0 Å². The predicted molar refractivity (Wildman–Crippen MR) is 46.5 cm³/mol. The van der Waals surface area contributed by atoms with E-state index in [1.165, 1.54) is 0 Å². The van der Waals surface area contributed by atoms with Gasteiger partial charge in [-0.1, -0.05) is 27.7 Å². The lowest BCUT2D eigenvalue weighted by Crippen LogP contribution is -2.26. The van der Waals surface area contributed by atoms with Gasteiger partial charge in [-0.2, -0.15) is 0 Å². The molecule has 0 unspecified atom stereocenters. The molecular formula is C9H20O2. The minimum absolute atomic E-state index is 0.119. The van der Waals surface area contributed by atoms with Crippen molar-refractivity contribution in [2.24, 2.45) is 11.3 Å². The molecule has 0 aliphatic heterocycles. The first-order chi connectivity index (χ1) is 5.00. The Bertz CT molecular complexity index is 97.7. The molecule has 0 rings (SSSR count). The molecule has 0 aromatic heterocycles. The fourth-order valence-electron chi connectivity index (χ4n) is 0.566. The van der Waals surface area contributed by atoms with Gasteiger partial charge in [0.2, 0.25) is 0 Å². The van der Waals surface area contributed by atoms with Crippen molar-refractivity contribution in [3.8, 4) is 0 Å². The maximum Gasteiger partial charge on any atom is 0.0697 e. The maximum absolute atomic E-state index is 8.48. The molecule has 0 amide bonds. The van der Waals surface area contributed by atoms with E-state index >= 15 is 0 Å². The second-order valence-electron chi connectivity index (χ2n) is 3.92. The van der Waals surface area contributed by atoms with Gasteiger partial charge in [0, 0.05) is 0 Å². The second kappa shape index (κ2) is 4.73. The molecule has 0 aliphatic rings. The van der Waals surface area contributed by atoms with Gasteiger partial charge < -0.3 is 9.84 Å². The first-order valence-corrected chi connectivity index (χ1v) is 4.19. The van der Waals surface area contributed by atoms with E-state index in [2.05, 4.69) is 27.7 Å². The molecule has 0 heterocycles. The fraction of sp³-hybridized carbons (Fsp3) is 1.00. The topological polar surface area (TPSA) is 29.5 Å². The van der Waals surface area contributed by atoms with Gasteiger partial charge in [0.1, 0.15) is 0 Å². The molecule has 0 aromatic carbocycles. The van der Waals surface area contributed by atoms with Crippen LogP contribution in [0.2, 0.25) is 0 Å². The number of ether oxygens (including phenoxy) is 1. The van der Waals surface area contributed by atoms with Crippen molar-refractivity contribution in [2.75, 3.05) is 19.8 Å². The summed E-state index contributed by atoms with van der Waals surface area (Å²) < 4.78 is 5.26. The maximum atomic E-state index is 8.48. The third-order valence-electron chi connectivity index (χ3n) is 2.27. The molecule has 0 bridgehead atoms. The van der Waals surface area contributed by atoms with Crippen LogP contribution in [0.5, 0.6) is 0 Å². The molecule has 2 heteroatoms. The predicted octanol–water partition coefficient (Wildman–Crippen LogP) is 1.68. The molecule has 0 atom stereocenters. The Balaban J connectivity index is 3.55. The van der Waals surface area contributed by atoms with Crippen LogP contribution in [-0.2, 0) is 4.74 Å². The van der Waals surface area contributed by atoms with Crippen LogP contribution in [0.25, 0.3) is 0 Å². The SMILES string of the molecule is CC(C)C(C)(C)COCCO. The summed E-state index contributed by atoms with van der Waals surface area (Å²) in [6.45, 7) is 10.0. The van der Waals surface area contributed by atoms with E-state index in [-0.39, 0.29) is 12.0 Å². The summed E-state index contributed by atoms with van der Waals surface area (Å²) in [5.41, 5.74) is 0.217. The monoisotopic (exact) mass is 160 g/mol. The van der Waals surface area contributed by atoms with Gasteiger partial charge in [-0.3, -0.25) is 0 Å². The molecule has 2 nitrogen and oxygen atoms in total. The fourth-order valence-corrected chi connectivity index (χ4v) is 0.566. The molecule has 0 radical (unpaired) electrons. The molecule has 0 saturated heterocycles. The average Bonchev–Trinajstić information content (AvgIpc) is 1.88. The molecule has 1 N–H and O–H groups in total. The Kier molecular flexibility index (Phi) is 4.69. The Labute approximate surface area is 69.6 Å². The van der Waals surface area contributed by atoms with E-state index < -0.39 is 0 Å². The highest BCUT2D eigenvalue weighted by Crippen LogP contribution is 2.25. The summed E-state index contributed by atoms with van der Waals surface area (Å²) in [6, 6.07) is 0. The zero-order valence-electron chi connectivity index (χ0n) is 8.05. The van der Waals surface area contributed by atoms with Crippen molar-refractivity contribution in [3.63, 3.8) is 0 Å². The summed E-state index contributed by atoms with van der Waals surface area (Å²) in [5.74, 6) is 0.612. The van der Waals surface area contributed by atoms with Crippen molar-refractivity contribution in [3.05, 3.63) is 0 Å². The van der Waals surface area contributed by atoms with Gasteiger partial charge in [0.05, 0.1) is 19.8 Å². The van der Waals surface area contributed by atoms with Crippen molar-refractivity contribution in [1.82, 2.24) is 0 Å². The third-order valence-corrected chi connectivity index (χ3v) is 2.27. The van der Waals surface area contributed by atoms with Crippen molar-refractivity contribution in [1.29, 1.82) is 0 Å². The average molecular weight is 160 g/mol. The number of aliphatic hydroxyl groups is 1. The minimum Gasteiger partial charge on any atom is -0.394 e. The van der Waals surface area contributed by atoms with E-state index in [0.29, 0.717) is 12.5 Å². The lowest BCUT2D eigenvalue weighted by molar-refractivity contribution is 0.0200. The normalized spacial score (nSPS) is 12.5. The molecule has 0 saturated carbocycles. The van der Waals surface area contributed by atoms with Gasteiger partial charge in [0.15, 0.2) is 0 Å². The third kappa shape index (κ3) is 4.38. The van der Waals surface area contributed by atoms with Crippen molar-refractivity contribution < 1.29 is 9.84 Å².